The molecule has 106 valence electrons. The van der Waals surface area contributed by atoms with Gasteiger partial charge >= 0.3 is 0 Å². The van der Waals surface area contributed by atoms with E-state index in [4.69, 9.17) is 16.1 Å². The molecule has 0 bridgehead atoms. The van der Waals surface area contributed by atoms with E-state index in [1.807, 2.05) is 20.8 Å². The number of carbonyl (C=O) groups is 1. The Morgan fingerprint density at radius 2 is 2.05 bits per heavy atom. The van der Waals surface area contributed by atoms with Gasteiger partial charge in [0.1, 0.15) is 11.6 Å². The maximum atomic E-state index is 13.0. The predicted molar refractivity (Wildman–Crippen MR) is 74.6 cm³/mol. The van der Waals surface area contributed by atoms with E-state index in [9.17, 15) is 9.18 Å². The van der Waals surface area contributed by atoms with E-state index in [0.717, 1.165) is 0 Å². The SMILES string of the molecule is CC(C)(C)c1cc(C(=O)Nc2ccc(F)c(Cl)c2)no1. The number of aromatic nitrogens is 1. The van der Waals surface area contributed by atoms with E-state index in [0.29, 0.717) is 11.4 Å². The van der Waals surface area contributed by atoms with Crippen LogP contribution in [0.2, 0.25) is 5.02 Å². The summed E-state index contributed by atoms with van der Waals surface area (Å²) in [4.78, 5) is 12.0. The molecule has 0 aliphatic heterocycles. The number of hydrogen-bond acceptors (Lipinski definition) is 3. The van der Waals surface area contributed by atoms with Gasteiger partial charge in [-0.05, 0) is 18.2 Å². The van der Waals surface area contributed by atoms with Gasteiger partial charge in [0, 0.05) is 17.2 Å². The van der Waals surface area contributed by atoms with Crippen LogP contribution in [0.4, 0.5) is 10.1 Å². The van der Waals surface area contributed by atoms with Crippen LogP contribution in [0.3, 0.4) is 0 Å². The summed E-state index contributed by atoms with van der Waals surface area (Å²) in [7, 11) is 0. The van der Waals surface area contributed by atoms with Crippen molar-refractivity contribution >= 4 is 23.2 Å². The van der Waals surface area contributed by atoms with Crippen LogP contribution in [0.1, 0.15) is 37.0 Å². The largest absolute Gasteiger partial charge is 0.360 e. The van der Waals surface area contributed by atoms with Crippen molar-refractivity contribution in [2.24, 2.45) is 0 Å². The molecule has 0 aliphatic rings. The molecule has 6 heteroatoms. The number of nitrogens with one attached hydrogen (secondary N) is 1. The molecule has 0 atom stereocenters. The lowest BCUT2D eigenvalue weighted by atomic mass is 9.93. The average Bonchev–Trinajstić information content (AvgIpc) is 2.83. The summed E-state index contributed by atoms with van der Waals surface area (Å²) >= 11 is 5.65. The lowest BCUT2D eigenvalue weighted by molar-refractivity contribution is 0.101. The molecule has 0 spiro atoms. The van der Waals surface area contributed by atoms with E-state index in [1.54, 1.807) is 6.07 Å². The first-order valence-electron chi connectivity index (χ1n) is 6.01. The first-order chi connectivity index (χ1) is 9.27. The molecule has 2 aromatic rings. The molecule has 0 fully saturated rings. The van der Waals surface area contributed by atoms with Crippen molar-refractivity contribution in [3.63, 3.8) is 0 Å². The highest BCUT2D eigenvalue weighted by Crippen LogP contribution is 2.23. The van der Waals surface area contributed by atoms with E-state index in [2.05, 4.69) is 10.5 Å². The molecule has 4 nitrogen and oxygen atoms in total. The van der Waals surface area contributed by atoms with E-state index in [1.165, 1.54) is 18.2 Å². The minimum absolute atomic E-state index is 0.0571. The number of benzene rings is 1. The Bertz CT molecular complexity index is 647. The van der Waals surface area contributed by atoms with Crippen molar-refractivity contribution in [2.75, 3.05) is 5.32 Å². The van der Waals surface area contributed by atoms with Crippen LogP contribution in [-0.2, 0) is 5.41 Å². The lowest BCUT2D eigenvalue weighted by Crippen LogP contribution is -2.13. The van der Waals surface area contributed by atoms with Gasteiger partial charge in [0.25, 0.3) is 5.91 Å². The van der Waals surface area contributed by atoms with E-state index >= 15 is 0 Å². The van der Waals surface area contributed by atoms with Gasteiger partial charge < -0.3 is 9.84 Å². The zero-order valence-electron chi connectivity index (χ0n) is 11.3. The monoisotopic (exact) mass is 296 g/mol. The highest BCUT2D eigenvalue weighted by Gasteiger charge is 2.22. The fourth-order valence-electron chi connectivity index (χ4n) is 1.50. The molecule has 2 rings (SSSR count). The normalized spacial score (nSPS) is 11.4. The molecule has 0 aliphatic carbocycles. The van der Waals surface area contributed by atoms with E-state index in [-0.39, 0.29) is 16.1 Å². The number of amides is 1. The molecule has 1 aromatic carbocycles. The molecule has 1 N–H and O–H groups in total. The van der Waals surface area contributed by atoms with Crippen molar-refractivity contribution in [1.29, 1.82) is 0 Å². The topological polar surface area (TPSA) is 55.1 Å². The summed E-state index contributed by atoms with van der Waals surface area (Å²) in [6.07, 6.45) is 0. The average molecular weight is 297 g/mol. The van der Waals surface area contributed by atoms with Crippen molar-refractivity contribution in [3.05, 3.63) is 46.6 Å². The second-order valence-corrected chi connectivity index (χ2v) is 5.82. The molecule has 0 saturated heterocycles. The third-order valence-electron chi connectivity index (χ3n) is 2.66. The molecule has 0 radical (unpaired) electrons. The zero-order chi connectivity index (χ0) is 14.9. The summed E-state index contributed by atoms with van der Waals surface area (Å²) in [5.74, 6) is -0.368. The Morgan fingerprint density at radius 3 is 2.60 bits per heavy atom. The van der Waals surface area contributed by atoms with Gasteiger partial charge in [-0.3, -0.25) is 4.79 Å². The zero-order valence-corrected chi connectivity index (χ0v) is 12.1. The van der Waals surface area contributed by atoms with Gasteiger partial charge in [-0.2, -0.15) is 0 Å². The number of hydrogen-bond donors (Lipinski definition) is 1. The summed E-state index contributed by atoms with van der Waals surface area (Å²) in [5.41, 5.74) is 0.321. The van der Waals surface area contributed by atoms with Gasteiger partial charge in [0.05, 0.1) is 5.02 Å². The molecule has 20 heavy (non-hydrogen) atoms. The number of carbonyl (C=O) groups excluding carboxylic acids is 1. The maximum absolute atomic E-state index is 13.0. The van der Waals surface area contributed by atoms with Gasteiger partial charge in [0.15, 0.2) is 5.69 Å². The van der Waals surface area contributed by atoms with Crippen molar-refractivity contribution in [1.82, 2.24) is 5.16 Å². The van der Waals surface area contributed by atoms with Crippen LogP contribution in [-0.4, -0.2) is 11.1 Å². The Labute approximate surface area is 120 Å². The number of anilines is 1. The Morgan fingerprint density at radius 1 is 1.35 bits per heavy atom. The highest BCUT2D eigenvalue weighted by atomic mass is 35.5. The number of rotatable bonds is 2. The number of nitrogens with zero attached hydrogens (tertiary/aromatic N) is 1. The van der Waals surface area contributed by atoms with Crippen LogP contribution in [0.5, 0.6) is 0 Å². The van der Waals surface area contributed by atoms with Crippen LogP contribution in [0.25, 0.3) is 0 Å². The standard InChI is InChI=1S/C14H14ClFN2O2/c1-14(2,3)12-7-11(18-20-12)13(19)17-8-4-5-10(16)9(15)6-8/h4-7H,1-3H3,(H,17,19). The molecular weight excluding hydrogens is 283 g/mol. The van der Waals surface area contributed by atoms with Crippen LogP contribution < -0.4 is 5.32 Å². The van der Waals surface area contributed by atoms with Gasteiger partial charge in [-0.1, -0.05) is 37.5 Å². The Kier molecular flexibility index (Phi) is 3.81. The summed E-state index contributed by atoms with van der Waals surface area (Å²) < 4.78 is 18.2. The number of halogens is 2. The molecule has 0 unspecified atom stereocenters. The Hall–Kier alpha value is -1.88. The first-order valence-corrected chi connectivity index (χ1v) is 6.39. The van der Waals surface area contributed by atoms with Gasteiger partial charge in [-0.25, -0.2) is 4.39 Å². The van der Waals surface area contributed by atoms with Crippen LogP contribution >= 0.6 is 11.6 Å². The highest BCUT2D eigenvalue weighted by molar-refractivity contribution is 6.31. The fourth-order valence-corrected chi connectivity index (χ4v) is 1.69. The summed E-state index contributed by atoms with van der Waals surface area (Å²) in [6.45, 7) is 5.86. The first kappa shape index (κ1) is 14.5. The predicted octanol–water partition coefficient (Wildman–Crippen LogP) is 4.02. The van der Waals surface area contributed by atoms with Crippen LogP contribution in [0, 0.1) is 5.82 Å². The second-order valence-electron chi connectivity index (χ2n) is 5.41. The minimum Gasteiger partial charge on any atom is -0.360 e. The van der Waals surface area contributed by atoms with Crippen molar-refractivity contribution < 1.29 is 13.7 Å². The van der Waals surface area contributed by atoms with Gasteiger partial charge in [-0.15, -0.1) is 0 Å². The summed E-state index contributed by atoms with van der Waals surface area (Å²) in [5, 5.41) is 6.25. The lowest BCUT2D eigenvalue weighted by Gasteiger charge is -2.12. The molecule has 1 aromatic heterocycles. The smallest absolute Gasteiger partial charge is 0.277 e. The van der Waals surface area contributed by atoms with E-state index < -0.39 is 11.7 Å². The van der Waals surface area contributed by atoms with Gasteiger partial charge in [0.2, 0.25) is 0 Å². The fraction of sp³-hybridized carbons (Fsp3) is 0.286. The summed E-state index contributed by atoms with van der Waals surface area (Å²) in [6, 6.07) is 5.52. The van der Waals surface area contributed by atoms with Crippen molar-refractivity contribution in [2.45, 2.75) is 26.2 Å². The third-order valence-corrected chi connectivity index (χ3v) is 2.95. The van der Waals surface area contributed by atoms with Crippen molar-refractivity contribution in [3.8, 4) is 0 Å². The third kappa shape index (κ3) is 3.17. The molecule has 1 heterocycles. The van der Waals surface area contributed by atoms with Crippen LogP contribution in [0.15, 0.2) is 28.8 Å². The minimum atomic E-state index is -0.541. The molecule has 0 saturated carbocycles. The second kappa shape index (κ2) is 5.25. The Balaban J connectivity index is 2.16. The quantitative estimate of drug-likeness (QED) is 0.910. The maximum Gasteiger partial charge on any atom is 0.277 e. The molecular formula is C14H14ClFN2O2. The molecule has 1 amide bonds.